The molecule has 0 aromatic heterocycles. The minimum Gasteiger partial charge on any atom is -0.462 e. The third-order valence-electron chi connectivity index (χ3n) is 2.90. The molecule has 0 N–H and O–H groups in total. The van der Waals surface area contributed by atoms with Gasteiger partial charge in [0.1, 0.15) is 0 Å². The molecule has 0 saturated carbocycles. The number of rotatable bonds is 8. The maximum atomic E-state index is 13.2. The molecule has 0 saturated heterocycles. The number of alkyl halides is 7. The van der Waals surface area contributed by atoms with E-state index in [2.05, 4.69) is 11.3 Å². The standard InChI is InChI=1S/C13H17F7O2/c1-9(2)10(21)22-8-6-4-3-5-7-11(14,12(15,16)17)13(18,19)20/h1,3-8H2,2H3. The first-order chi connectivity index (χ1) is 9.83. The second-order valence-electron chi connectivity index (χ2n) is 4.88. The van der Waals surface area contributed by atoms with Crippen molar-refractivity contribution in [2.75, 3.05) is 6.61 Å². The van der Waals surface area contributed by atoms with E-state index in [9.17, 15) is 35.5 Å². The molecule has 0 aromatic carbocycles. The van der Waals surface area contributed by atoms with Crippen LogP contribution < -0.4 is 0 Å². The monoisotopic (exact) mass is 338 g/mol. The van der Waals surface area contributed by atoms with Crippen LogP contribution in [-0.2, 0) is 9.53 Å². The number of ether oxygens (including phenoxy) is 1. The summed E-state index contributed by atoms with van der Waals surface area (Å²) in [5.74, 6) is -0.628. The Morgan fingerprint density at radius 2 is 1.36 bits per heavy atom. The molecule has 0 rings (SSSR count). The summed E-state index contributed by atoms with van der Waals surface area (Å²) in [6.07, 6.45) is -13.8. The maximum Gasteiger partial charge on any atom is 0.431 e. The number of carbonyl (C=O) groups is 1. The van der Waals surface area contributed by atoms with Gasteiger partial charge in [0.25, 0.3) is 5.67 Å². The molecule has 0 aliphatic rings. The molecule has 0 aromatic rings. The molecule has 0 aliphatic carbocycles. The van der Waals surface area contributed by atoms with Crippen LogP contribution in [0.3, 0.4) is 0 Å². The van der Waals surface area contributed by atoms with E-state index in [4.69, 9.17) is 0 Å². The predicted molar refractivity (Wildman–Crippen MR) is 64.8 cm³/mol. The van der Waals surface area contributed by atoms with Crippen LogP contribution in [0, 0.1) is 0 Å². The molecule has 2 nitrogen and oxygen atoms in total. The highest BCUT2D eigenvalue weighted by atomic mass is 19.4. The van der Waals surface area contributed by atoms with E-state index < -0.39 is 36.8 Å². The molecule has 0 aliphatic heterocycles. The molecule has 0 spiro atoms. The fourth-order valence-corrected chi connectivity index (χ4v) is 1.56. The first kappa shape index (κ1) is 20.7. The Morgan fingerprint density at radius 1 is 0.909 bits per heavy atom. The van der Waals surface area contributed by atoms with E-state index in [1.807, 2.05) is 0 Å². The summed E-state index contributed by atoms with van der Waals surface area (Å²) in [7, 11) is 0. The molecule has 130 valence electrons. The highest BCUT2D eigenvalue weighted by Gasteiger charge is 2.71. The molecule has 0 heterocycles. The topological polar surface area (TPSA) is 26.3 Å². The Labute approximate surface area is 123 Å². The lowest BCUT2D eigenvalue weighted by molar-refractivity contribution is -0.343. The third-order valence-corrected chi connectivity index (χ3v) is 2.90. The second kappa shape index (κ2) is 7.82. The quantitative estimate of drug-likeness (QED) is 0.273. The molecule has 0 fully saturated rings. The lowest BCUT2D eigenvalue weighted by Gasteiger charge is -2.29. The van der Waals surface area contributed by atoms with E-state index in [1.165, 1.54) is 6.92 Å². The van der Waals surface area contributed by atoms with Crippen LogP contribution in [-0.4, -0.2) is 30.6 Å². The van der Waals surface area contributed by atoms with Crippen molar-refractivity contribution in [1.82, 2.24) is 0 Å². The molecule has 9 heteroatoms. The summed E-state index contributed by atoms with van der Waals surface area (Å²) in [6, 6.07) is 0. The van der Waals surface area contributed by atoms with Gasteiger partial charge in [-0.15, -0.1) is 0 Å². The van der Waals surface area contributed by atoms with E-state index in [0.29, 0.717) is 0 Å². The van der Waals surface area contributed by atoms with Gasteiger partial charge in [-0.2, -0.15) is 26.3 Å². The van der Waals surface area contributed by atoms with Gasteiger partial charge in [-0.05, 0) is 26.2 Å². The Balaban J connectivity index is 4.13. The number of carbonyl (C=O) groups excluding carboxylic acids is 1. The molecule has 0 atom stereocenters. The molecule has 0 bridgehead atoms. The Morgan fingerprint density at radius 3 is 1.77 bits per heavy atom. The number of unbranched alkanes of at least 4 members (excludes halogenated alkanes) is 3. The van der Waals surface area contributed by atoms with Crippen molar-refractivity contribution in [2.45, 2.75) is 57.0 Å². The normalized spacial score (nSPS) is 13.1. The van der Waals surface area contributed by atoms with Gasteiger partial charge in [0.15, 0.2) is 0 Å². The summed E-state index contributed by atoms with van der Waals surface area (Å²) >= 11 is 0. The van der Waals surface area contributed by atoms with Gasteiger partial charge >= 0.3 is 18.3 Å². The van der Waals surface area contributed by atoms with Gasteiger partial charge < -0.3 is 4.74 Å². The maximum absolute atomic E-state index is 13.2. The zero-order valence-electron chi connectivity index (χ0n) is 11.9. The third kappa shape index (κ3) is 5.84. The van der Waals surface area contributed by atoms with Crippen LogP contribution >= 0.6 is 0 Å². The summed E-state index contributed by atoms with van der Waals surface area (Å²) in [5, 5.41) is 0. The second-order valence-corrected chi connectivity index (χ2v) is 4.88. The van der Waals surface area contributed by atoms with Gasteiger partial charge in [-0.1, -0.05) is 19.4 Å². The minimum atomic E-state index is -6.00. The lowest BCUT2D eigenvalue weighted by Crippen LogP contribution is -2.53. The Kier molecular flexibility index (Phi) is 7.37. The molecular weight excluding hydrogens is 321 g/mol. The molecule has 0 unspecified atom stereocenters. The van der Waals surface area contributed by atoms with Crippen LogP contribution in [0.1, 0.15) is 39.0 Å². The van der Waals surface area contributed by atoms with Gasteiger partial charge in [0.2, 0.25) is 0 Å². The summed E-state index contributed by atoms with van der Waals surface area (Å²) in [6.45, 7) is 4.73. The fraction of sp³-hybridized carbons (Fsp3) is 0.769. The van der Waals surface area contributed by atoms with Crippen molar-refractivity contribution in [1.29, 1.82) is 0 Å². The first-order valence-corrected chi connectivity index (χ1v) is 6.48. The summed E-state index contributed by atoms with van der Waals surface area (Å²) in [4.78, 5) is 11.0. The molecule has 0 amide bonds. The van der Waals surface area contributed by atoms with Gasteiger partial charge in [-0.25, -0.2) is 9.18 Å². The van der Waals surface area contributed by atoms with Gasteiger partial charge in [0, 0.05) is 5.57 Å². The number of halogens is 7. The van der Waals surface area contributed by atoms with E-state index in [1.54, 1.807) is 0 Å². The highest BCUT2D eigenvalue weighted by molar-refractivity contribution is 5.86. The van der Waals surface area contributed by atoms with Crippen LogP contribution in [0.4, 0.5) is 30.7 Å². The first-order valence-electron chi connectivity index (χ1n) is 6.48. The summed E-state index contributed by atoms with van der Waals surface area (Å²) < 4.78 is 91.3. The zero-order chi connectivity index (χ0) is 17.6. The van der Waals surface area contributed by atoms with Crippen LogP contribution in [0.25, 0.3) is 0 Å². The lowest BCUT2D eigenvalue weighted by atomic mass is 9.96. The highest BCUT2D eigenvalue weighted by Crippen LogP contribution is 2.49. The van der Waals surface area contributed by atoms with E-state index in [0.717, 1.165) is 0 Å². The van der Waals surface area contributed by atoms with Crippen LogP contribution in [0.2, 0.25) is 0 Å². The zero-order valence-corrected chi connectivity index (χ0v) is 11.9. The number of hydrogen-bond acceptors (Lipinski definition) is 2. The largest absolute Gasteiger partial charge is 0.462 e. The fourth-order valence-electron chi connectivity index (χ4n) is 1.56. The van der Waals surface area contributed by atoms with Crippen molar-refractivity contribution in [2.24, 2.45) is 0 Å². The van der Waals surface area contributed by atoms with Crippen molar-refractivity contribution >= 4 is 5.97 Å². The average molecular weight is 338 g/mol. The average Bonchev–Trinajstić information content (AvgIpc) is 2.34. The number of esters is 1. The minimum absolute atomic E-state index is 0.0228. The van der Waals surface area contributed by atoms with Crippen molar-refractivity contribution in [3.05, 3.63) is 12.2 Å². The van der Waals surface area contributed by atoms with E-state index in [-0.39, 0.29) is 31.4 Å². The van der Waals surface area contributed by atoms with Gasteiger partial charge in [0.05, 0.1) is 6.61 Å². The van der Waals surface area contributed by atoms with E-state index >= 15 is 0 Å². The molecular formula is C13H17F7O2. The Bertz CT molecular complexity index is 371. The van der Waals surface area contributed by atoms with Crippen LogP contribution in [0.5, 0.6) is 0 Å². The Hall–Kier alpha value is -1.28. The van der Waals surface area contributed by atoms with Crippen molar-refractivity contribution in [3.8, 4) is 0 Å². The van der Waals surface area contributed by atoms with Gasteiger partial charge in [-0.3, -0.25) is 0 Å². The molecule has 0 radical (unpaired) electrons. The van der Waals surface area contributed by atoms with Crippen molar-refractivity contribution in [3.63, 3.8) is 0 Å². The predicted octanol–water partition coefficient (Wildman–Crippen LogP) is 4.89. The molecule has 22 heavy (non-hydrogen) atoms. The number of hydrogen-bond donors (Lipinski definition) is 0. The SMILES string of the molecule is C=C(C)C(=O)OCCCCCCC(F)(C(F)(F)F)C(F)(F)F. The smallest absolute Gasteiger partial charge is 0.431 e. The van der Waals surface area contributed by atoms with Crippen molar-refractivity contribution < 1.29 is 40.3 Å². The summed E-state index contributed by atoms with van der Waals surface area (Å²) in [5.41, 5.74) is -5.01. The van der Waals surface area contributed by atoms with Crippen LogP contribution in [0.15, 0.2) is 12.2 Å².